The first-order valence-electron chi connectivity index (χ1n) is 8.52. The van der Waals surface area contributed by atoms with Crippen molar-refractivity contribution in [2.75, 3.05) is 10.6 Å². The number of halogens is 4. The maximum absolute atomic E-state index is 13.8. The first-order valence-corrected chi connectivity index (χ1v) is 8.90. The van der Waals surface area contributed by atoms with Gasteiger partial charge in [-0.05, 0) is 25.1 Å². The molecule has 9 heteroatoms. The van der Waals surface area contributed by atoms with Crippen LogP contribution in [0.5, 0.6) is 5.75 Å². The number of aromatic hydroxyl groups is 1. The number of hydrogen-bond donors (Lipinski definition) is 3. The topological polar surface area (TPSA) is 78.4 Å². The third-order valence-corrected chi connectivity index (χ3v) is 4.44. The highest BCUT2D eigenvalue weighted by atomic mass is 35.5. The van der Waals surface area contributed by atoms with E-state index in [0.717, 1.165) is 17.7 Å². The summed E-state index contributed by atoms with van der Waals surface area (Å²) in [4.78, 5) is 24.5. The molecule has 0 aliphatic heterocycles. The van der Waals surface area contributed by atoms with Crippen molar-refractivity contribution in [3.05, 3.63) is 87.7 Å². The first kappa shape index (κ1) is 21.2. The lowest BCUT2D eigenvalue weighted by Crippen LogP contribution is -2.17. The van der Waals surface area contributed by atoms with Crippen LogP contribution in [0.25, 0.3) is 0 Å². The molecule has 0 aliphatic carbocycles. The number of benzene rings is 3. The molecule has 0 heterocycles. The van der Waals surface area contributed by atoms with E-state index in [1.165, 1.54) is 0 Å². The van der Waals surface area contributed by atoms with Crippen LogP contribution in [-0.2, 0) is 0 Å². The molecule has 0 aromatic heterocycles. The Hall–Kier alpha value is -3.52. The zero-order valence-electron chi connectivity index (χ0n) is 15.4. The molecule has 0 unspecified atom stereocenters. The lowest BCUT2D eigenvalue weighted by molar-refractivity contribution is 0.101. The van der Waals surface area contributed by atoms with E-state index < -0.39 is 40.6 Å². The molecule has 3 aromatic carbocycles. The zero-order chi connectivity index (χ0) is 22.0. The standard InChI is InChI=1S/C21H14ClF3N2O3/c1-10-2-4-11(5-3-10)20(29)27-17-8-13(22)16(9-18(17)28)26-21(30)19-14(24)6-12(23)7-15(19)25/h2-9,28H,1H3,(H,26,30)(H,27,29). The highest BCUT2D eigenvalue weighted by Crippen LogP contribution is 2.34. The maximum atomic E-state index is 13.8. The highest BCUT2D eigenvalue weighted by Gasteiger charge is 2.21. The summed E-state index contributed by atoms with van der Waals surface area (Å²) in [6.45, 7) is 1.87. The number of carbonyl (C=O) groups is 2. The van der Waals surface area contributed by atoms with E-state index in [0.29, 0.717) is 17.7 Å². The molecule has 0 saturated heterocycles. The average molecular weight is 435 g/mol. The quantitative estimate of drug-likeness (QED) is 0.489. The fourth-order valence-electron chi connectivity index (χ4n) is 2.60. The van der Waals surface area contributed by atoms with Crippen molar-refractivity contribution in [1.29, 1.82) is 0 Å². The van der Waals surface area contributed by atoms with E-state index in [1.807, 2.05) is 6.92 Å². The minimum absolute atomic E-state index is 0.0392. The minimum atomic E-state index is -1.40. The molecule has 154 valence electrons. The maximum Gasteiger partial charge on any atom is 0.261 e. The van der Waals surface area contributed by atoms with Gasteiger partial charge < -0.3 is 15.7 Å². The van der Waals surface area contributed by atoms with Crippen molar-refractivity contribution in [2.45, 2.75) is 6.92 Å². The monoisotopic (exact) mass is 434 g/mol. The van der Waals surface area contributed by atoms with E-state index in [2.05, 4.69) is 10.6 Å². The summed E-state index contributed by atoms with van der Waals surface area (Å²) >= 11 is 6.06. The number of phenols is 1. The van der Waals surface area contributed by atoms with Crippen LogP contribution in [0, 0.1) is 24.4 Å². The van der Waals surface area contributed by atoms with Gasteiger partial charge in [0.05, 0.1) is 16.4 Å². The van der Waals surface area contributed by atoms with Gasteiger partial charge in [-0.15, -0.1) is 0 Å². The third kappa shape index (κ3) is 4.55. The summed E-state index contributed by atoms with van der Waals surface area (Å²) < 4.78 is 40.5. The van der Waals surface area contributed by atoms with Crippen molar-refractivity contribution >= 4 is 34.8 Å². The molecular formula is C21H14ClF3N2O3. The van der Waals surface area contributed by atoms with Gasteiger partial charge in [0, 0.05) is 23.8 Å². The molecule has 3 rings (SSSR count). The molecule has 0 bridgehead atoms. The van der Waals surface area contributed by atoms with E-state index in [-0.39, 0.29) is 16.4 Å². The molecule has 5 nitrogen and oxygen atoms in total. The lowest BCUT2D eigenvalue weighted by Gasteiger charge is -2.13. The SMILES string of the molecule is Cc1ccc(C(=O)Nc2cc(Cl)c(NC(=O)c3c(F)cc(F)cc3F)cc2O)cc1. The Labute approximate surface area is 174 Å². The van der Waals surface area contributed by atoms with Crippen molar-refractivity contribution in [3.8, 4) is 5.75 Å². The van der Waals surface area contributed by atoms with Gasteiger partial charge in [0.15, 0.2) is 0 Å². The van der Waals surface area contributed by atoms with Crippen LogP contribution in [0.3, 0.4) is 0 Å². The molecule has 0 fully saturated rings. The molecule has 0 aliphatic rings. The van der Waals surface area contributed by atoms with Crippen molar-refractivity contribution in [1.82, 2.24) is 0 Å². The predicted molar refractivity (Wildman–Crippen MR) is 107 cm³/mol. The predicted octanol–water partition coefficient (Wildman–Crippen LogP) is 5.28. The van der Waals surface area contributed by atoms with Gasteiger partial charge in [-0.3, -0.25) is 9.59 Å². The molecule has 30 heavy (non-hydrogen) atoms. The number of nitrogens with one attached hydrogen (secondary N) is 2. The van der Waals surface area contributed by atoms with Crippen LogP contribution in [-0.4, -0.2) is 16.9 Å². The molecule has 0 atom stereocenters. The largest absolute Gasteiger partial charge is 0.506 e. The molecule has 3 N–H and O–H groups in total. The van der Waals surface area contributed by atoms with Gasteiger partial charge in [0.1, 0.15) is 28.8 Å². The molecule has 0 saturated carbocycles. The first-order chi connectivity index (χ1) is 14.2. The van der Waals surface area contributed by atoms with Crippen LogP contribution in [0.2, 0.25) is 5.02 Å². The Kier molecular flexibility index (Phi) is 5.98. The number of hydrogen-bond acceptors (Lipinski definition) is 3. The normalized spacial score (nSPS) is 10.6. The Morgan fingerprint density at radius 2 is 1.43 bits per heavy atom. The van der Waals surface area contributed by atoms with E-state index in [9.17, 15) is 27.9 Å². The summed E-state index contributed by atoms with van der Waals surface area (Å²) in [5, 5.41) is 14.7. The summed E-state index contributed by atoms with van der Waals surface area (Å²) in [7, 11) is 0. The van der Waals surface area contributed by atoms with Crippen LogP contribution < -0.4 is 10.6 Å². The molecular weight excluding hydrogens is 421 g/mol. The Morgan fingerprint density at radius 1 is 0.867 bits per heavy atom. The average Bonchev–Trinajstić information content (AvgIpc) is 2.65. The summed E-state index contributed by atoms with van der Waals surface area (Å²) in [5.41, 5.74) is 0.0874. The summed E-state index contributed by atoms with van der Waals surface area (Å²) in [6, 6.07) is 9.58. The highest BCUT2D eigenvalue weighted by molar-refractivity contribution is 6.34. The van der Waals surface area contributed by atoms with Crippen LogP contribution in [0.4, 0.5) is 24.5 Å². The van der Waals surface area contributed by atoms with Gasteiger partial charge in [0.2, 0.25) is 0 Å². The number of rotatable bonds is 4. The second-order valence-electron chi connectivity index (χ2n) is 6.37. The second kappa shape index (κ2) is 8.46. The second-order valence-corrected chi connectivity index (χ2v) is 6.78. The van der Waals surface area contributed by atoms with Crippen LogP contribution >= 0.6 is 11.6 Å². The minimum Gasteiger partial charge on any atom is -0.506 e. The summed E-state index contributed by atoms with van der Waals surface area (Å²) in [6.07, 6.45) is 0. The van der Waals surface area contributed by atoms with Crippen molar-refractivity contribution < 1.29 is 27.9 Å². The molecule has 2 amide bonds. The third-order valence-electron chi connectivity index (χ3n) is 4.13. The van der Waals surface area contributed by atoms with Crippen LogP contribution in [0.1, 0.15) is 26.3 Å². The Bertz CT molecular complexity index is 1130. The zero-order valence-corrected chi connectivity index (χ0v) is 16.2. The van der Waals surface area contributed by atoms with Gasteiger partial charge in [-0.25, -0.2) is 13.2 Å². The van der Waals surface area contributed by atoms with Gasteiger partial charge in [0.25, 0.3) is 11.8 Å². The number of anilines is 2. The van der Waals surface area contributed by atoms with Crippen molar-refractivity contribution in [2.24, 2.45) is 0 Å². The number of aryl methyl sites for hydroxylation is 1. The molecule has 3 aromatic rings. The molecule has 0 spiro atoms. The Morgan fingerprint density at radius 3 is 2.03 bits per heavy atom. The number of carbonyl (C=O) groups excluding carboxylic acids is 2. The summed E-state index contributed by atoms with van der Waals surface area (Å²) in [5.74, 6) is -6.16. The van der Waals surface area contributed by atoms with Crippen LogP contribution in [0.15, 0.2) is 48.5 Å². The van der Waals surface area contributed by atoms with Crippen molar-refractivity contribution in [3.63, 3.8) is 0 Å². The van der Waals surface area contributed by atoms with Gasteiger partial charge >= 0.3 is 0 Å². The van der Waals surface area contributed by atoms with E-state index in [4.69, 9.17) is 11.6 Å². The fourth-order valence-corrected chi connectivity index (χ4v) is 2.81. The van der Waals surface area contributed by atoms with Gasteiger partial charge in [-0.1, -0.05) is 29.3 Å². The van der Waals surface area contributed by atoms with E-state index in [1.54, 1.807) is 24.3 Å². The molecule has 0 radical (unpaired) electrons. The smallest absolute Gasteiger partial charge is 0.261 e. The lowest BCUT2D eigenvalue weighted by atomic mass is 10.1. The van der Waals surface area contributed by atoms with E-state index >= 15 is 0 Å². The van der Waals surface area contributed by atoms with Gasteiger partial charge in [-0.2, -0.15) is 0 Å². The Balaban J connectivity index is 1.82. The number of amides is 2. The number of phenolic OH excluding ortho intramolecular Hbond substituents is 1. The fraction of sp³-hybridized carbons (Fsp3) is 0.0476.